The first-order valence-electron chi connectivity index (χ1n) is 5.30. The number of hydrogen-bond donors (Lipinski definition) is 1. The topological polar surface area (TPSA) is 49.8 Å². The van der Waals surface area contributed by atoms with E-state index < -0.39 is 0 Å². The van der Waals surface area contributed by atoms with E-state index in [0.717, 1.165) is 0 Å². The molecule has 0 atom stereocenters. The highest BCUT2D eigenvalue weighted by atomic mass is 16.5. The Balaban J connectivity index is 2.96. The molecule has 0 spiro atoms. The van der Waals surface area contributed by atoms with Crippen LogP contribution in [0.15, 0.2) is 18.2 Å². The maximum absolute atomic E-state index is 11.9. The summed E-state index contributed by atoms with van der Waals surface area (Å²) in [4.78, 5) is 13.6. The van der Waals surface area contributed by atoms with Crippen molar-refractivity contribution >= 4 is 5.91 Å². The molecule has 0 unspecified atom stereocenters. The lowest BCUT2D eigenvalue weighted by molar-refractivity contribution is 0.0772. The second-order valence-corrected chi connectivity index (χ2v) is 3.36. The lowest BCUT2D eigenvalue weighted by atomic mass is 10.1. The third kappa shape index (κ3) is 2.45. The molecule has 0 aliphatic rings. The maximum Gasteiger partial charge on any atom is 0.253 e. The molecule has 0 bridgehead atoms. The van der Waals surface area contributed by atoms with Gasteiger partial charge in [-0.1, -0.05) is 0 Å². The Kier molecular flexibility index (Phi) is 4.17. The Bertz CT molecular complexity index is 373. The summed E-state index contributed by atoms with van der Waals surface area (Å²) in [5.41, 5.74) is 0.474. The number of methoxy groups -OCH3 is 1. The second kappa shape index (κ2) is 5.39. The van der Waals surface area contributed by atoms with Crippen molar-refractivity contribution < 1.29 is 14.6 Å². The van der Waals surface area contributed by atoms with E-state index in [2.05, 4.69) is 0 Å². The number of hydrogen-bond acceptors (Lipinski definition) is 3. The van der Waals surface area contributed by atoms with Crippen molar-refractivity contribution in [2.75, 3.05) is 20.2 Å². The fourth-order valence-electron chi connectivity index (χ4n) is 1.52. The summed E-state index contributed by atoms with van der Waals surface area (Å²) in [6, 6.07) is 4.67. The van der Waals surface area contributed by atoms with Crippen LogP contribution >= 0.6 is 0 Å². The number of ether oxygens (including phenoxy) is 1. The van der Waals surface area contributed by atoms with Gasteiger partial charge in [0.1, 0.15) is 0 Å². The molecule has 1 aromatic rings. The average Bonchev–Trinajstić information content (AvgIpc) is 2.30. The normalized spacial score (nSPS) is 9.94. The maximum atomic E-state index is 11.9. The number of phenolic OH excluding ortho intramolecular Hbond substituents is 1. The van der Waals surface area contributed by atoms with Gasteiger partial charge in [-0.25, -0.2) is 0 Å². The van der Waals surface area contributed by atoms with Crippen molar-refractivity contribution in [1.82, 2.24) is 4.90 Å². The number of aromatic hydroxyl groups is 1. The highest BCUT2D eigenvalue weighted by Gasteiger charge is 2.14. The van der Waals surface area contributed by atoms with Crippen LogP contribution in [-0.4, -0.2) is 36.1 Å². The molecule has 0 fully saturated rings. The zero-order valence-electron chi connectivity index (χ0n) is 9.86. The SMILES string of the molecule is CCN(CC)C(=O)c1ccc(OC)c(O)c1. The third-order valence-electron chi connectivity index (χ3n) is 2.48. The van der Waals surface area contributed by atoms with E-state index in [1.807, 2.05) is 13.8 Å². The first-order chi connectivity index (χ1) is 7.63. The van der Waals surface area contributed by atoms with Gasteiger partial charge in [-0.3, -0.25) is 4.79 Å². The van der Waals surface area contributed by atoms with Crippen LogP contribution in [0.3, 0.4) is 0 Å². The molecule has 1 N–H and O–H groups in total. The van der Waals surface area contributed by atoms with Crippen LogP contribution in [0.1, 0.15) is 24.2 Å². The van der Waals surface area contributed by atoms with Crippen molar-refractivity contribution in [1.29, 1.82) is 0 Å². The Morgan fingerprint density at radius 1 is 1.38 bits per heavy atom. The fourth-order valence-corrected chi connectivity index (χ4v) is 1.52. The van der Waals surface area contributed by atoms with Gasteiger partial charge in [-0.2, -0.15) is 0 Å². The van der Waals surface area contributed by atoms with Crippen LogP contribution in [-0.2, 0) is 0 Å². The van der Waals surface area contributed by atoms with Crippen molar-refractivity contribution in [2.45, 2.75) is 13.8 Å². The van der Waals surface area contributed by atoms with Crippen LogP contribution in [0, 0.1) is 0 Å². The minimum atomic E-state index is -0.0806. The van der Waals surface area contributed by atoms with Gasteiger partial charge in [0.05, 0.1) is 7.11 Å². The highest BCUT2D eigenvalue weighted by Crippen LogP contribution is 2.26. The van der Waals surface area contributed by atoms with Crippen molar-refractivity contribution in [3.63, 3.8) is 0 Å². The van der Waals surface area contributed by atoms with Crippen LogP contribution < -0.4 is 4.74 Å². The molecule has 0 heterocycles. The molecule has 0 saturated carbocycles. The molecule has 0 aliphatic heterocycles. The Morgan fingerprint density at radius 3 is 2.44 bits per heavy atom. The Labute approximate surface area is 95.5 Å². The highest BCUT2D eigenvalue weighted by molar-refractivity contribution is 5.94. The summed E-state index contributed by atoms with van der Waals surface area (Å²) >= 11 is 0. The molecule has 88 valence electrons. The minimum Gasteiger partial charge on any atom is -0.504 e. The zero-order chi connectivity index (χ0) is 12.1. The van der Waals surface area contributed by atoms with E-state index in [1.54, 1.807) is 17.0 Å². The number of rotatable bonds is 4. The van der Waals surface area contributed by atoms with Gasteiger partial charge in [-0.15, -0.1) is 0 Å². The molecule has 0 aromatic heterocycles. The molecule has 0 radical (unpaired) electrons. The number of carbonyl (C=O) groups excluding carboxylic acids is 1. The minimum absolute atomic E-state index is 0.0134. The largest absolute Gasteiger partial charge is 0.504 e. The molecule has 4 heteroatoms. The molecule has 0 aliphatic carbocycles. The van der Waals surface area contributed by atoms with E-state index >= 15 is 0 Å². The predicted molar refractivity (Wildman–Crippen MR) is 61.9 cm³/mol. The van der Waals surface area contributed by atoms with Gasteiger partial charge in [0.15, 0.2) is 11.5 Å². The van der Waals surface area contributed by atoms with Gasteiger partial charge in [0.25, 0.3) is 5.91 Å². The van der Waals surface area contributed by atoms with Crippen molar-refractivity contribution in [3.8, 4) is 11.5 Å². The molecule has 4 nitrogen and oxygen atoms in total. The number of nitrogens with zero attached hydrogens (tertiary/aromatic N) is 1. The molecule has 1 amide bonds. The van der Waals surface area contributed by atoms with Gasteiger partial charge in [0.2, 0.25) is 0 Å². The standard InChI is InChI=1S/C12H17NO3/c1-4-13(5-2)12(15)9-6-7-11(16-3)10(14)8-9/h6-8,14H,4-5H2,1-3H3. The molecular weight excluding hydrogens is 206 g/mol. The van der Waals surface area contributed by atoms with E-state index in [4.69, 9.17) is 4.74 Å². The summed E-state index contributed by atoms with van der Waals surface area (Å²) < 4.78 is 4.92. The van der Waals surface area contributed by atoms with Crippen LogP contribution in [0.2, 0.25) is 0 Å². The number of amides is 1. The summed E-state index contributed by atoms with van der Waals surface area (Å²) in [6.07, 6.45) is 0. The van der Waals surface area contributed by atoms with E-state index in [1.165, 1.54) is 13.2 Å². The lowest BCUT2D eigenvalue weighted by Gasteiger charge is -2.18. The molecule has 16 heavy (non-hydrogen) atoms. The molecule has 1 rings (SSSR count). The average molecular weight is 223 g/mol. The van der Waals surface area contributed by atoms with Crippen LogP contribution in [0.25, 0.3) is 0 Å². The first-order valence-corrected chi connectivity index (χ1v) is 5.30. The predicted octanol–water partition coefficient (Wildman–Crippen LogP) is 1.88. The quantitative estimate of drug-likeness (QED) is 0.847. The van der Waals surface area contributed by atoms with E-state index in [0.29, 0.717) is 24.4 Å². The van der Waals surface area contributed by atoms with E-state index in [9.17, 15) is 9.90 Å². The smallest absolute Gasteiger partial charge is 0.253 e. The first kappa shape index (κ1) is 12.4. The van der Waals surface area contributed by atoms with Gasteiger partial charge in [-0.05, 0) is 32.0 Å². The summed E-state index contributed by atoms with van der Waals surface area (Å²) in [5, 5.41) is 9.57. The number of carbonyl (C=O) groups is 1. The van der Waals surface area contributed by atoms with Crippen molar-refractivity contribution in [3.05, 3.63) is 23.8 Å². The second-order valence-electron chi connectivity index (χ2n) is 3.36. The molecular formula is C12H17NO3. The Morgan fingerprint density at radius 2 is 2.00 bits per heavy atom. The monoisotopic (exact) mass is 223 g/mol. The lowest BCUT2D eigenvalue weighted by Crippen LogP contribution is -2.30. The zero-order valence-corrected chi connectivity index (χ0v) is 9.86. The number of benzene rings is 1. The van der Waals surface area contributed by atoms with Crippen LogP contribution in [0.5, 0.6) is 11.5 Å². The summed E-state index contributed by atoms with van der Waals surface area (Å²) in [7, 11) is 1.47. The van der Waals surface area contributed by atoms with Gasteiger partial charge < -0.3 is 14.7 Å². The molecule has 1 aromatic carbocycles. The summed E-state index contributed by atoms with van der Waals surface area (Å²) in [6.45, 7) is 5.15. The number of phenols is 1. The van der Waals surface area contributed by atoms with Crippen LogP contribution in [0.4, 0.5) is 0 Å². The van der Waals surface area contributed by atoms with Crippen molar-refractivity contribution in [2.24, 2.45) is 0 Å². The third-order valence-corrected chi connectivity index (χ3v) is 2.48. The van der Waals surface area contributed by atoms with E-state index in [-0.39, 0.29) is 11.7 Å². The Hall–Kier alpha value is -1.71. The van der Waals surface area contributed by atoms with Gasteiger partial charge in [0, 0.05) is 18.7 Å². The fraction of sp³-hybridized carbons (Fsp3) is 0.417. The summed E-state index contributed by atoms with van der Waals surface area (Å²) in [5.74, 6) is 0.277. The van der Waals surface area contributed by atoms with Gasteiger partial charge >= 0.3 is 0 Å². The molecule has 0 saturated heterocycles.